The fourth-order valence-electron chi connectivity index (χ4n) is 2.64. The number of rotatable bonds is 3. The summed E-state index contributed by atoms with van der Waals surface area (Å²) in [7, 11) is 1.71. The van der Waals surface area contributed by atoms with E-state index in [4.69, 9.17) is 9.47 Å². The molecule has 0 saturated heterocycles. The quantitative estimate of drug-likeness (QED) is 0.877. The fraction of sp³-hybridized carbons (Fsp3) is 0.533. The van der Waals surface area contributed by atoms with Crippen molar-refractivity contribution < 1.29 is 9.47 Å². The van der Waals surface area contributed by atoms with Gasteiger partial charge in [-0.2, -0.15) is 0 Å². The van der Waals surface area contributed by atoms with Gasteiger partial charge in [0.05, 0.1) is 7.11 Å². The van der Waals surface area contributed by atoms with Gasteiger partial charge in [0, 0.05) is 37.2 Å². The number of benzene rings is 1. The highest BCUT2D eigenvalue weighted by Gasteiger charge is 2.21. The molecule has 2 N–H and O–H groups in total. The predicted molar refractivity (Wildman–Crippen MR) is 78.5 cm³/mol. The van der Waals surface area contributed by atoms with E-state index in [0.29, 0.717) is 6.54 Å². The first kappa shape index (κ1) is 13.1. The molecule has 0 radical (unpaired) electrons. The summed E-state index contributed by atoms with van der Waals surface area (Å²) in [4.78, 5) is 4.41. The lowest BCUT2D eigenvalue weighted by Crippen LogP contribution is -2.40. The molecule has 2 heterocycles. The van der Waals surface area contributed by atoms with E-state index in [-0.39, 0.29) is 6.10 Å². The summed E-state index contributed by atoms with van der Waals surface area (Å²) < 4.78 is 11.3. The number of ether oxygens (including phenoxy) is 2. The fourth-order valence-corrected chi connectivity index (χ4v) is 2.64. The smallest absolute Gasteiger partial charge is 0.191 e. The van der Waals surface area contributed by atoms with Crippen molar-refractivity contribution in [1.82, 2.24) is 10.6 Å². The molecule has 2 aliphatic heterocycles. The van der Waals surface area contributed by atoms with Gasteiger partial charge in [-0.1, -0.05) is 0 Å². The second kappa shape index (κ2) is 5.61. The second-order valence-electron chi connectivity index (χ2n) is 5.27. The highest BCUT2D eigenvalue weighted by Crippen LogP contribution is 2.34. The standard InChI is InChI=1S/C15H21N3O2/c1-10-6-11-7-13(19-2)12(8-14(11)20-10)9-18-15-16-4-3-5-17-15/h7-8,10H,3-6,9H2,1-2H3,(H2,16,17,18). The molecule has 5 heteroatoms. The minimum absolute atomic E-state index is 0.252. The van der Waals surface area contributed by atoms with Crippen LogP contribution in [0.2, 0.25) is 0 Å². The average Bonchev–Trinajstić information content (AvgIpc) is 2.84. The molecule has 1 aromatic carbocycles. The van der Waals surface area contributed by atoms with E-state index >= 15 is 0 Å². The average molecular weight is 275 g/mol. The van der Waals surface area contributed by atoms with Crippen LogP contribution in [0.1, 0.15) is 24.5 Å². The minimum Gasteiger partial charge on any atom is -0.496 e. The second-order valence-corrected chi connectivity index (χ2v) is 5.27. The van der Waals surface area contributed by atoms with Crippen LogP contribution in [0.15, 0.2) is 17.1 Å². The van der Waals surface area contributed by atoms with E-state index in [9.17, 15) is 0 Å². The van der Waals surface area contributed by atoms with Gasteiger partial charge in [-0.05, 0) is 25.5 Å². The molecule has 1 atom stereocenters. The molecule has 0 aliphatic carbocycles. The molecule has 0 aromatic heterocycles. The minimum atomic E-state index is 0.252. The van der Waals surface area contributed by atoms with E-state index in [1.165, 1.54) is 5.56 Å². The Kier molecular flexibility index (Phi) is 3.67. The zero-order valence-corrected chi connectivity index (χ0v) is 12.0. The molecule has 3 rings (SSSR count). The maximum absolute atomic E-state index is 5.81. The molecular weight excluding hydrogens is 254 g/mol. The largest absolute Gasteiger partial charge is 0.496 e. The van der Waals surface area contributed by atoms with Crippen LogP contribution < -0.4 is 20.1 Å². The van der Waals surface area contributed by atoms with Crippen LogP contribution in [-0.4, -0.2) is 32.3 Å². The van der Waals surface area contributed by atoms with Gasteiger partial charge >= 0.3 is 0 Å². The van der Waals surface area contributed by atoms with Crippen molar-refractivity contribution in [2.75, 3.05) is 20.2 Å². The number of fused-ring (bicyclic) bond motifs is 1. The van der Waals surface area contributed by atoms with E-state index in [1.807, 2.05) is 0 Å². The number of methoxy groups -OCH3 is 1. The van der Waals surface area contributed by atoms with Gasteiger partial charge in [-0.3, -0.25) is 4.99 Å². The Labute approximate surface area is 119 Å². The van der Waals surface area contributed by atoms with Crippen LogP contribution in [-0.2, 0) is 13.0 Å². The van der Waals surface area contributed by atoms with Crippen LogP contribution in [0.4, 0.5) is 0 Å². The molecule has 0 fully saturated rings. The van der Waals surface area contributed by atoms with Crippen LogP contribution in [0.25, 0.3) is 0 Å². The summed E-state index contributed by atoms with van der Waals surface area (Å²) in [6.45, 7) is 4.64. The van der Waals surface area contributed by atoms with Crippen molar-refractivity contribution in [3.63, 3.8) is 0 Å². The summed E-state index contributed by atoms with van der Waals surface area (Å²) in [5.74, 6) is 2.76. The Morgan fingerprint density at radius 2 is 2.40 bits per heavy atom. The monoisotopic (exact) mass is 275 g/mol. The molecule has 2 aliphatic rings. The van der Waals surface area contributed by atoms with Crippen molar-refractivity contribution in [2.45, 2.75) is 32.4 Å². The Balaban J connectivity index is 1.75. The van der Waals surface area contributed by atoms with Gasteiger partial charge in [-0.25, -0.2) is 0 Å². The number of aliphatic imine (C=N–C) groups is 1. The maximum atomic E-state index is 5.81. The molecule has 1 unspecified atom stereocenters. The Morgan fingerprint density at radius 1 is 1.50 bits per heavy atom. The molecule has 1 aromatic rings. The molecular formula is C15H21N3O2. The third-order valence-electron chi connectivity index (χ3n) is 3.64. The van der Waals surface area contributed by atoms with E-state index < -0.39 is 0 Å². The summed E-state index contributed by atoms with van der Waals surface area (Å²) in [6, 6.07) is 4.17. The normalized spacial score (nSPS) is 20.5. The summed E-state index contributed by atoms with van der Waals surface area (Å²) >= 11 is 0. The van der Waals surface area contributed by atoms with Gasteiger partial charge < -0.3 is 20.1 Å². The first-order valence-corrected chi connectivity index (χ1v) is 7.15. The van der Waals surface area contributed by atoms with E-state index in [1.54, 1.807) is 7.11 Å². The van der Waals surface area contributed by atoms with E-state index in [2.05, 4.69) is 34.7 Å². The van der Waals surface area contributed by atoms with Gasteiger partial charge in [-0.15, -0.1) is 0 Å². The van der Waals surface area contributed by atoms with Crippen LogP contribution in [0, 0.1) is 0 Å². The molecule has 0 saturated carbocycles. The lowest BCUT2D eigenvalue weighted by molar-refractivity contribution is 0.254. The highest BCUT2D eigenvalue weighted by atomic mass is 16.5. The molecule has 5 nitrogen and oxygen atoms in total. The molecule has 20 heavy (non-hydrogen) atoms. The van der Waals surface area contributed by atoms with Gasteiger partial charge in [0.15, 0.2) is 5.96 Å². The van der Waals surface area contributed by atoms with Crippen LogP contribution >= 0.6 is 0 Å². The lowest BCUT2D eigenvalue weighted by atomic mass is 10.1. The van der Waals surface area contributed by atoms with Crippen molar-refractivity contribution in [3.05, 3.63) is 23.3 Å². The third-order valence-corrected chi connectivity index (χ3v) is 3.64. The Morgan fingerprint density at radius 3 is 3.15 bits per heavy atom. The summed E-state index contributed by atoms with van der Waals surface area (Å²) in [6.07, 6.45) is 2.30. The van der Waals surface area contributed by atoms with Crippen LogP contribution in [0.5, 0.6) is 11.5 Å². The first-order valence-electron chi connectivity index (χ1n) is 7.15. The molecule has 108 valence electrons. The first-order chi connectivity index (χ1) is 9.76. The number of hydrogen-bond acceptors (Lipinski definition) is 5. The number of nitrogens with zero attached hydrogens (tertiary/aromatic N) is 1. The van der Waals surface area contributed by atoms with Crippen molar-refractivity contribution in [2.24, 2.45) is 4.99 Å². The van der Waals surface area contributed by atoms with E-state index in [0.717, 1.165) is 49.0 Å². The Bertz CT molecular complexity index is 528. The van der Waals surface area contributed by atoms with Crippen molar-refractivity contribution in [1.29, 1.82) is 0 Å². The van der Waals surface area contributed by atoms with Gasteiger partial charge in [0.2, 0.25) is 0 Å². The molecule has 0 spiro atoms. The summed E-state index contributed by atoms with van der Waals surface area (Å²) in [5, 5.41) is 6.57. The number of guanidine groups is 1. The SMILES string of the molecule is COc1cc2c(cc1CNC1=NCCCN1)OC(C)C2. The predicted octanol–water partition coefficient (Wildman–Crippen LogP) is 1.46. The zero-order chi connectivity index (χ0) is 13.9. The van der Waals surface area contributed by atoms with Gasteiger partial charge in [0.25, 0.3) is 0 Å². The van der Waals surface area contributed by atoms with Crippen molar-refractivity contribution >= 4 is 5.96 Å². The topological polar surface area (TPSA) is 54.9 Å². The number of nitrogens with one attached hydrogen (secondary N) is 2. The number of hydrogen-bond donors (Lipinski definition) is 2. The molecule has 0 bridgehead atoms. The maximum Gasteiger partial charge on any atom is 0.191 e. The molecule has 0 amide bonds. The summed E-state index contributed by atoms with van der Waals surface area (Å²) in [5.41, 5.74) is 2.32. The van der Waals surface area contributed by atoms with Gasteiger partial charge in [0.1, 0.15) is 17.6 Å². The Hall–Kier alpha value is -1.91. The zero-order valence-electron chi connectivity index (χ0n) is 12.0. The third kappa shape index (κ3) is 2.66. The van der Waals surface area contributed by atoms with Crippen molar-refractivity contribution in [3.8, 4) is 11.5 Å². The highest BCUT2D eigenvalue weighted by molar-refractivity contribution is 5.80. The lowest BCUT2D eigenvalue weighted by Gasteiger charge is -2.17. The van der Waals surface area contributed by atoms with Crippen LogP contribution in [0.3, 0.4) is 0 Å².